The summed E-state index contributed by atoms with van der Waals surface area (Å²) >= 11 is 5.97. The largest absolute Gasteiger partial charge is 0.497 e. The van der Waals surface area contributed by atoms with Crippen molar-refractivity contribution in [2.45, 2.75) is 32.9 Å². The molecule has 7 heteroatoms. The van der Waals surface area contributed by atoms with Crippen LogP contribution >= 0.6 is 12.2 Å². The number of pyridine rings is 1. The lowest BCUT2D eigenvalue weighted by Crippen LogP contribution is -2.30. The first kappa shape index (κ1) is 23.9. The summed E-state index contributed by atoms with van der Waals surface area (Å²) < 4.78 is 13.7. The van der Waals surface area contributed by atoms with Crippen LogP contribution in [0.25, 0.3) is 5.69 Å². The van der Waals surface area contributed by atoms with Crippen molar-refractivity contribution in [3.63, 3.8) is 0 Å². The summed E-state index contributed by atoms with van der Waals surface area (Å²) in [6.07, 6.45) is 1.83. The van der Waals surface area contributed by atoms with E-state index in [-0.39, 0.29) is 12.1 Å². The number of ether oxygens (including phenoxy) is 2. The minimum Gasteiger partial charge on any atom is -0.497 e. The Balaban J connectivity index is 1.76. The Bertz CT molecular complexity index is 1400. The quantitative estimate of drug-likeness (QED) is 0.330. The molecule has 1 aliphatic rings. The van der Waals surface area contributed by atoms with Crippen molar-refractivity contribution in [3.05, 3.63) is 101 Å². The fourth-order valence-corrected chi connectivity index (χ4v) is 5.64. The number of thiocarbonyl (C=S) groups is 1. The zero-order valence-corrected chi connectivity index (χ0v) is 22.0. The van der Waals surface area contributed by atoms with Gasteiger partial charge in [-0.05, 0) is 75.0 Å². The predicted molar refractivity (Wildman–Crippen MR) is 147 cm³/mol. The van der Waals surface area contributed by atoms with Gasteiger partial charge in [0.25, 0.3) is 0 Å². The number of anilines is 1. The molecule has 0 spiro atoms. The molecule has 0 unspecified atom stereocenters. The van der Waals surface area contributed by atoms with E-state index in [1.807, 2.05) is 48.7 Å². The molecule has 1 aliphatic heterocycles. The summed E-state index contributed by atoms with van der Waals surface area (Å²) in [5, 5.41) is 4.19. The lowest BCUT2D eigenvalue weighted by atomic mass is 9.93. The fraction of sp³-hybridized carbons (Fsp3) is 0.241. The smallest absolute Gasteiger partial charge is 0.174 e. The van der Waals surface area contributed by atoms with E-state index in [9.17, 15) is 0 Å². The monoisotopic (exact) mass is 498 g/mol. The second-order valence-electron chi connectivity index (χ2n) is 8.91. The van der Waals surface area contributed by atoms with E-state index in [2.05, 4.69) is 59.8 Å². The lowest BCUT2D eigenvalue weighted by Gasteiger charge is -2.30. The van der Waals surface area contributed by atoms with E-state index >= 15 is 0 Å². The number of nitrogens with zero attached hydrogens (tertiary/aromatic N) is 3. The number of hydrogen-bond donors (Lipinski definition) is 1. The number of methoxy groups -OCH3 is 2. The van der Waals surface area contributed by atoms with Crippen molar-refractivity contribution in [2.75, 3.05) is 19.1 Å². The summed E-state index contributed by atoms with van der Waals surface area (Å²) in [6, 6.07) is 21.9. The van der Waals surface area contributed by atoms with Crippen LogP contribution in [-0.2, 0) is 0 Å². The molecule has 0 bridgehead atoms. The average molecular weight is 499 g/mol. The van der Waals surface area contributed by atoms with Gasteiger partial charge in [0.2, 0.25) is 0 Å². The van der Waals surface area contributed by atoms with Crippen molar-refractivity contribution >= 4 is 23.0 Å². The van der Waals surface area contributed by atoms with Crippen molar-refractivity contribution in [1.82, 2.24) is 14.9 Å². The Morgan fingerprint density at radius 3 is 2.31 bits per heavy atom. The highest BCUT2D eigenvalue weighted by Crippen LogP contribution is 2.48. The highest BCUT2D eigenvalue weighted by Gasteiger charge is 2.44. The van der Waals surface area contributed by atoms with Crippen LogP contribution in [0.4, 0.5) is 5.69 Å². The molecule has 184 valence electrons. The molecule has 6 nitrogen and oxygen atoms in total. The molecule has 0 amide bonds. The Kier molecular flexibility index (Phi) is 6.41. The first-order chi connectivity index (χ1) is 17.5. The molecular weight excluding hydrogens is 468 g/mol. The van der Waals surface area contributed by atoms with Gasteiger partial charge in [-0.1, -0.05) is 24.3 Å². The molecule has 5 rings (SSSR count). The van der Waals surface area contributed by atoms with Crippen LogP contribution < -0.4 is 19.7 Å². The Morgan fingerprint density at radius 1 is 0.889 bits per heavy atom. The minimum atomic E-state index is -0.155. The number of aromatic nitrogens is 2. The SMILES string of the molecule is COc1ccc(OC)c(N2C(=S)N[C@@H](c3ccccn3)[C@@H]2c2c(C)c(C)n(-c3ccccc3)c2C)c1. The molecule has 1 fully saturated rings. The third kappa shape index (κ3) is 3.89. The number of rotatable bonds is 6. The summed E-state index contributed by atoms with van der Waals surface area (Å²) in [6.45, 7) is 6.54. The summed E-state index contributed by atoms with van der Waals surface area (Å²) in [4.78, 5) is 6.86. The van der Waals surface area contributed by atoms with Gasteiger partial charge in [-0.2, -0.15) is 0 Å². The second kappa shape index (κ2) is 9.66. The Morgan fingerprint density at radius 2 is 1.64 bits per heavy atom. The van der Waals surface area contributed by atoms with E-state index in [4.69, 9.17) is 26.7 Å². The van der Waals surface area contributed by atoms with E-state index < -0.39 is 0 Å². The number of nitrogens with one attached hydrogen (secondary N) is 1. The molecule has 0 radical (unpaired) electrons. The molecule has 2 atom stereocenters. The molecule has 4 aromatic rings. The number of para-hydroxylation sites is 1. The highest BCUT2D eigenvalue weighted by atomic mass is 32.1. The van der Waals surface area contributed by atoms with Gasteiger partial charge in [0.05, 0.1) is 37.7 Å². The van der Waals surface area contributed by atoms with Crippen LogP contribution in [0.2, 0.25) is 0 Å². The summed E-state index contributed by atoms with van der Waals surface area (Å²) in [7, 11) is 3.34. The third-order valence-corrected chi connectivity index (χ3v) is 7.38. The summed E-state index contributed by atoms with van der Waals surface area (Å²) in [5.41, 5.74) is 7.71. The number of hydrogen-bond acceptors (Lipinski definition) is 4. The van der Waals surface area contributed by atoms with Crippen LogP contribution in [0.5, 0.6) is 11.5 Å². The van der Waals surface area contributed by atoms with Gasteiger partial charge >= 0.3 is 0 Å². The van der Waals surface area contributed by atoms with Crippen LogP contribution in [-0.4, -0.2) is 28.9 Å². The van der Waals surface area contributed by atoms with Crippen molar-refractivity contribution in [2.24, 2.45) is 0 Å². The predicted octanol–water partition coefficient (Wildman–Crippen LogP) is 5.99. The van der Waals surface area contributed by atoms with E-state index in [1.54, 1.807) is 14.2 Å². The maximum absolute atomic E-state index is 5.97. The Hall–Kier alpha value is -3.84. The van der Waals surface area contributed by atoms with Gasteiger partial charge in [0.15, 0.2) is 5.11 Å². The van der Waals surface area contributed by atoms with Crippen molar-refractivity contribution < 1.29 is 9.47 Å². The van der Waals surface area contributed by atoms with E-state index in [0.717, 1.165) is 28.6 Å². The minimum absolute atomic E-state index is 0.155. The van der Waals surface area contributed by atoms with Crippen LogP contribution in [0, 0.1) is 20.8 Å². The van der Waals surface area contributed by atoms with Crippen molar-refractivity contribution in [1.29, 1.82) is 0 Å². The maximum atomic E-state index is 5.97. The van der Waals surface area contributed by atoms with Crippen LogP contribution in [0.1, 0.15) is 40.3 Å². The van der Waals surface area contributed by atoms with E-state index in [1.165, 1.54) is 22.5 Å². The van der Waals surface area contributed by atoms with Crippen molar-refractivity contribution in [3.8, 4) is 17.2 Å². The molecule has 1 saturated heterocycles. The fourth-order valence-electron chi connectivity index (χ4n) is 5.30. The molecule has 0 saturated carbocycles. The van der Waals surface area contributed by atoms with Crippen LogP contribution in [0.15, 0.2) is 72.9 Å². The van der Waals surface area contributed by atoms with Gasteiger partial charge in [-0.3, -0.25) is 4.98 Å². The van der Waals surface area contributed by atoms with Gasteiger partial charge in [-0.25, -0.2) is 0 Å². The molecule has 2 aromatic carbocycles. The topological polar surface area (TPSA) is 51.6 Å². The van der Waals surface area contributed by atoms with E-state index in [0.29, 0.717) is 5.11 Å². The molecule has 1 N–H and O–H groups in total. The highest BCUT2D eigenvalue weighted by molar-refractivity contribution is 7.80. The van der Waals surface area contributed by atoms with Gasteiger partial charge in [0, 0.05) is 34.9 Å². The van der Waals surface area contributed by atoms with Crippen LogP contribution in [0.3, 0.4) is 0 Å². The van der Waals surface area contributed by atoms with Gasteiger partial charge in [0.1, 0.15) is 11.5 Å². The lowest BCUT2D eigenvalue weighted by molar-refractivity contribution is 0.403. The first-order valence-electron chi connectivity index (χ1n) is 11.9. The van der Waals surface area contributed by atoms with Gasteiger partial charge in [-0.15, -0.1) is 0 Å². The Labute approximate surface area is 217 Å². The normalized spacial score (nSPS) is 17.2. The molecule has 0 aliphatic carbocycles. The third-order valence-electron chi connectivity index (χ3n) is 7.06. The number of benzene rings is 2. The second-order valence-corrected chi connectivity index (χ2v) is 9.30. The molecule has 36 heavy (non-hydrogen) atoms. The zero-order valence-electron chi connectivity index (χ0n) is 21.1. The average Bonchev–Trinajstić information content (AvgIpc) is 3.36. The zero-order chi connectivity index (χ0) is 25.4. The first-order valence-corrected chi connectivity index (χ1v) is 12.3. The standard InChI is InChI=1S/C29H30N4O2S/c1-18-19(2)32(21-11-7-6-8-12-21)20(3)26(18)28-27(23-13-9-10-16-30-23)31-29(36)33(28)24-17-22(34-4)14-15-25(24)35-5/h6-17,27-28H,1-5H3,(H,31,36)/t27-,28-/m0/s1. The van der Waals surface area contributed by atoms with Gasteiger partial charge < -0.3 is 24.3 Å². The molecular formula is C29H30N4O2S. The summed E-state index contributed by atoms with van der Waals surface area (Å²) in [5.74, 6) is 1.46. The molecule has 2 aromatic heterocycles. The molecule has 3 heterocycles. The maximum Gasteiger partial charge on any atom is 0.174 e.